The van der Waals surface area contributed by atoms with Gasteiger partial charge in [0.05, 0.1) is 29.3 Å². The Morgan fingerprint density at radius 3 is 2.74 bits per heavy atom. The summed E-state index contributed by atoms with van der Waals surface area (Å²) in [6.45, 7) is 3.10. The molecule has 194 valence electrons. The SMILES string of the molecule is O=C1C=CCC(CNCc2ccc(CN(Cc3nc4ccccc4[nH]3)C3CCCc4cccnc43)cc2)N1. The second kappa shape index (κ2) is 11.3. The molecule has 3 N–H and O–H groups in total. The summed E-state index contributed by atoms with van der Waals surface area (Å²) in [6, 6.07) is 21.8. The molecule has 4 aromatic rings. The van der Waals surface area contributed by atoms with Crippen LogP contribution in [-0.4, -0.2) is 38.3 Å². The Kier molecular flexibility index (Phi) is 7.29. The van der Waals surface area contributed by atoms with Crippen molar-refractivity contribution in [3.05, 3.63) is 107 Å². The standard InChI is InChI=1S/C31H34N6O/c38-30-12-4-8-25(34-30)19-32-18-22-13-15-23(16-14-22)20-37(21-29-35-26-9-1-2-10-27(26)36-29)28-11-3-6-24-7-5-17-33-31(24)28/h1-2,4-5,7,9-10,12-17,25,28,32H,3,6,8,11,18-21H2,(H,34,38)(H,35,36). The number of aryl methyl sites for hydroxylation is 1. The van der Waals surface area contributed by atoms with Crippen LogP contribution in [0.25, 0.3) is 11.0 Å². The van der Waals surface area contributed by atoms with Crippen molar-refractivity contribution in [3.63, 3.8) is 0 Å². The van der Waals surface area contributed by atoms with Gasteiger partial charge in [0.15, 0.2) is 0 Å². The molecule has 6 rings (SSSR count). The Labute approximate surface area is 223 Å². The van der Waals surface area contributed by atoms with Crippen LogP contribution >= 0.6 is 0 Å². The molecule has 0 radical (unpaired) electrons. The molecule has 7 heteroatoms. The topological polar surface area (TPSA) is 85.9 Å². The highest BCUT2D eigenvalue weighted by Gasteiger charge is 2.28. The third-order valence-corrected chi connectivity index (χ3v) is 7.56. The first kappa shape index (κ1) is 24.5. The number of amides is 1. The van der Waals surface area contributed by atoms with Gasteiger partial charge < -0.3 is 15.6 Å². The quantitative estimate of drug-likeness (QED) is 0.310. The average Bonchev–Trinajstić information content (AvgIpc) is 3.36. The molecule has 0 spiro atoms. The van der Waals surface area contributed by atoms with E-state index >= 15 is 0 Å². The molecule has 2 unspecified atom stereocenters. The smallest absolute Gasteiger partial charge is 0.243 e. The van der Waals surface area contributed by atoms with Crippen molar-refractivity contribution < 1.29 is 4.79 Å². The van der Waals surface area contributed by atoms with Gasteiger partial charge in [0.25, 0.3) is 0 Å². The van der Waals surface area contributed by atoms with Crippen LogP contribution in [0.5, 0.6) is 0 Å². The molecule has 2 aliphatic rings. The molecule has 0 saturated carbocycles. The van der Waals surface area contributed by atoms with Gasteiger partial charge in [-0.05, 0) is 66.6 Å². The molecule has 38 heavy (non-hydrogen) atoms. The molecule has 0 bridgehead atoms. The van der Waals surface area contributed by atoms with Gasteiger partial charge in [-0.3, -0.25) is 14.7 Å². The zero-order chi connectivity index (χ0) is 25.7. The lowest BCUT2D eigenvalue weighted by Crippen LogP contribution is -2.42. The van der Waals surface area contributed by atoms with E-state index in [1.807, 2.05) is 24.4 Å². The fourth-order valence-electron chi connectivity index (χ4n) is 5.66. The van der Waals surface area contributed by atoms with Crippen LogP contribution in [0.1, 0.15) is 53.5 Å². The minimum atomic E-state index is -0.00427. The highest BCUT2D eigenvalue weighted by molar-refractivity contribution is 5.88. The lowest BCUT2D eigenvalue weighted by atomic mass is 9.90. The molecule has 7 nitrogen and oxygen atoms in total. The van der Waals surface area contributed by atoms with Gasteiger partial charge in [0.2, 0.25) is 5.91 Å². The second-order valence-corrected chi connectivity index (χ2v) is 10.4. The lowest BCUT2D eigenvalue weighted by Gasteiger charge is -2.34. The number of carbonyl (C=O) groups is 1. The Balaban J connectivity index is 1.16. The van der Waals surface area contributed by atoms with Crippen molar-refractivity contribution in [3.8, 4) is 0 Å². The number of fused-ring (bicyclic) bond motifs is 2. The summed E-state index contributed by atoms with van der Waals surface area (Å²) in [5.41, 5.74) is 7.16. The first-order chi connectivity index (χ1) is 18.7. The summed E-state index contributed by atoms with van der Waals surface area (Å²) in [7, 11) is 0. The van der Waals surface area contributed by atoms with E-state index in [1.165, 1.54) is 28.8 Å². The summed E-state index contributed by atoms with van der Waals surface area (Å²) >= 11 is 0. The van der Waals surface area contributed by atoms with Crippen LogP contribution in [0, 0.1) is 0 Å². The van der Waals surface area contributed by atoms with Gasteiger partial charge in [-0.1, -0.05) is 48.5 Å². The number of carbonyl (C=O) groups excluding carboxylic acids is 1. The van der Waals surface area contributed by atoms with E-state index in [1.54, 1.807) is 6.08 Å². The molecule has 1 amide bonds. The lowest BCUT2D eigenvalue weighted by molar-refractivity contribution is -0.117. The highest BCUT2D eigenvalue weighted by atomic mass is 16.1. The number of benzene rings is 2. The summed E-state index contributed by atoms with van der Waals surface area (Å²) < 4.78 is 0. The third kappa shape index (κ3) is 5.69. The van der Waals surface area contributed by atoms with E-state index in [9.17, 15) is 4.79 Å². The predicted octanol–water partition coefficient (Wildman–Crippen LogP) is 4.57. The van der Waals surface area contributed by atoms with Gasteiger partial charge in [-0.2, -0.15) is 0 Å². The minimum absolute atomic E-state index is 0.00427. The number of nitrogens with one attached hydrogen (secondary N) is 3. The number of pyridine rings is 1. The third-order valence-electron chi connectivity index (χ3n) is 7.56. The fraction of sp³-hybridized carbons (Fsp3) is 0.323. The van der Waals surface area contributed by atoms with Crippen LogP contribution < -0.4 is 10.6 Å². The van der Waals surface area contributed by atoms with Crippen LogP contribution in [0.3, 0.4) is 0 Å². The van der Waals surface area contributed by atoms with Crippen molar-refractivity contribution in [2.24, 2.45) is 0 Å². The maximum atomic E-state index is 11.5. The van der Waals surface area contributed by atoms with E-state index in [0.717, 1.165) is 62.3 Å². The summed E-state index contributed by atoms with van der Waals surface area (Å²) in [5.74, 6) is 0.982. The van der Waals surface area contributed by atoms with Crippen molar-refractivity contribution in [1.82, 2.24) is 30.5 Å². The number of H-pyrrole nitrogens is 1. The van der Waals surface area contributed by atoms with E-state index in [4.69, 9.17) is 9.97 Å². The maximum Gasteiger partial charge on any atom is 0.243 e. The highest BCUT2D eigenvalue weighted by Crippen LogP contribution is 2.34. The van der Waals surface area contributed by atoms with Gasteiger partial charge in [-0.25, -0.2) is 4.98 Å². The second-order valence-electron chi connectivity index (χ2n) is 10.4. The van der Waals surface area contributed by atoms with Gasteiger partial charge in [-0.15, -0.1) is 0 Å². The number of imidazole rings is 1. The Hall–Kier alpha value is -3.81. The molecule has 2 aromatic heterocycles. The van der Waals surface area contributed by atoms with Gasteiger partial charge in [0, 0.05) is 31.9 Å². The van der Waals surface area contributed by atoms with Crippen LogP contribution in [0.4, 0.5) is 0 Å². The predicted molar refractivity (Wildman–Crippen MR) is 149 cm³/mol. The molecular formula is C31H34N6O. The summed E-state index contributed by atoms with van der Waals surface area (Å²) in [5, 5.41) is 6.47. The van der Waals surface area contributed by atoms with Crippen molar-refractivity contribution in [2.45, 2.75) is 57.4 Å². The van der Waals surface area contributed by atoms with Crippen LogP contribution in [0.2, 0.25) is 0 Å². The summed E-state index contributed by atoms with van der Waals surface area (Å²) in [6.07, 6.45) is 9.71. The number of para-hydroxylation sites is 2. The van der Waals surface area contributed by atoms with E-state index in [2.05, 4.69) is 69.0 Å². The molecule has 1 aliphatic carbocycles. The van der Waals surface area contributed by atoms with Crippen molar-refractivity contribution in [2.75, 3.05) is 6.54 Å². The number of hydrogen-bond acceptors (Lipinski definition) is 5. The number of aromatic amines is 1. The van der Waals surface area contributed by atoms with Crippen molar-refractivity contribution in [1.29, 1.82) is 0 Å². The van der Waals surface area contributed by atoms with E-state index in [0.29, 0.717) is 0 Å². The van der Waals surface area contributed by atoms with Crippen molar-refractivity contribution >= 4 is 16.9 Å². The zero-order valence-corrected chi connectivity index (χ0v) is 21.6. The molecular weight excluding hydrogens is 472 g/mol. The average molecular weight is 507 g/mol. The van der Waals surface area contributed by atoms with Crippen LogP contribution in [-0.2, 0) is 30.8 Å². The molecule has 0 saturated heterocycles. The monoisotopic (exact) mass is 506 g/mol. The molecule has 2 aromatic carbocycles. The van der Waals surface area contributed by atoms with Gasteiger partial charge in [0.1, 0.15) is 5.82 Å². The Morgan fingerprint density at radius 1 is 1.00 bits per heavy atom. The molecule has 1 aliphatic heterocycles. The number of aromatic nitrogens is 3. The maximum absolute atomic E-state index is 11.5. The minimum Gasteiger partial charge on any atom is -0.348 e. The Morgan fingerprint density at radius 2 is 1.87 bits per heavy atom. The Bertz CT molecular complexity index is 1390. The largest absolute Gasteiger partial charge is 0.348 e. The molecule has 0 fully saturated rings. The molecule has 3 heterocycles. The van der Waals surface area contributed by atoms with E-state index in [-0.39, 0.29) is 18.0 Å². The first-order valence-corrected chi connectivity index (χ1v) is 13.6. The number of nitrogens with zero attached hydrogens (tertiary/aromatic N) is 3. The number of rotatable bonds is 9. The number of hydrogen-bond donors (Lipinski definition) is 3. The fourth-order valence-corrected chi connectivity index (χ4v) is 5.66. The van der Waals surface area contributed by atoms with Gasteiger partial charge >= 0.3 is 0 Å². The first-order valence-electron chi connectivity index (χ1n) is 13.6. The van der Waals surface area contributed by atoms with E-state index < -0.39 is 0 Å². The molecule has 2 atom stereocenters. The summed E-state index contributed by atoms with van der Waals surface area (Å²) in [4.78, 5) is 27.3. The zero-order valence-electron chi connectivity index (χ0n) is 21.6. The van der Waals surface area contributed by atoms with Crippen LogP contribution in [0.15, 0.2) is 79.0 Å². The normalized spacial score (nSPS) is 19.0.